The molecule has 19 heavy (non-hydrogen) atoms. The van der Waals surface area contributed by atoms with Gasteiger partial charge in [-0.05, 0) is 23.8 Å². The van der Waals surface area contributed by atoms with Gasteiger partial charge in [0.25, 0.3) is 0 Å². The molecule has 0 spiro atoms. The topological polar surface area (TPSA) is 42.2 Å². The maximum Gasteiger partial charge on any atom is 0.303 e. The first-order valence-corrected chi connectivity index (χ1v) is 7.74. The summed E-state index contributed by atoms with van der Waals surface area (Å²) >= 11 is 1.92. The average molecular weight is 277 g/mol. The minimum Gasteiger partial charge on any atom is -0.481 e. The van der Waals surface area contributed by atoms with Crippen molar-refractivity contribution < 1.29 is 9.90 Å². The van der Waals surface area contributed by atoms with Crippen molar-refractivity contribution in [2.45, 2.75) is 26.3 Å². The summed E-state index contributed by atoms with van der Waals surface area (Å²) in [4.78, 5) is 10.7. The summed E-state index contributed by atoms with van der Waals surface area (Å²) in [6.07, 6.45) is 2.91. The van der Waals surface area contributed by atoms with E-state index in [1.165, 1.54) is 10.9 Å². The fraction of sp³-hybridized carbons (Fsp3) is 0.400. The number of aliphatic carboxylic acids is 1. The third-order valence-corrected chi connectivity index (χ3v) is 4.04. The summed E-state index contributed by atoms with van der Waals surface area (Å²) in [7, 11) is 0. The van der Waals surface area contributed by atoms with E-state index in [1.54, 1.807) is 0 Å². The molecule has 1 aromatic carbocycles. The van der Waals surface area contributed by atoms with Crippen LogP contribution in [0.5, 0.6) is 0 Å². The van der Waals surface area contributed by atoms with Gasteiger partial charge < -0.3 is 9.67 Å². The Morgan fingerprint density at radius 1 is 1.37 bits per heavy atom. The van der Waals surface area contributed by atoms with Crippen LogP contribution in [-0.2, 0) is 17.8 Å². The summed E-state index contributed by atoms with van der Waals surface area (Å²) in [5, 5.41) is 10.0. The van der Waals surface area contributed by atoms with Gasteiger partial charge in [0.15, 0.2) is 0 Å². The number of aryl methyl sites for hydroxylation is 2. The first-order chi connectivity index (χ1) is 9.22. The molecule has 0 unspecified atom stereocenters. The lowest BCUT2D eigenvalue weighted by atomic mass is 10.1. The number of para-hydroxylation sites is 1. The highest BCUT2D eigenvalue weighted by Crippen LogP contribution is 2.23. The van der Waals surface area contributed by atoms with E-state index in [1.807, 2.05) is 23.9 Å². The molecule has 2 rings (SSSR count). The Labute approximate surface area is 117 Å². The van der Waals surface area contributed by atoms with Gasteiger partial charge in [0.1, 0.15) is 0 Å². The van der Waals surface area contributed by atoms with Crippen molar-refractivity contribution in [3.8, 4) is 0 Å². The van der Waals surface area contributed by atoms with Gasteiger partial charge in [-0.3, -0.25) is 4.79 Å². The van der Waals surface area contributed by atoms with E-state index in [4.69, 9.17) is 5.11 Å². The lowest BCUT2D eigenvalue weighted by Gasteiger charge is -2.03. The molecular formula is C15H19NO2S. The van der Waals surface area contributed by atoms with Gasteiger partial charge in [-0.2, -0.15) is 11.8 Å². The number of fused-ring (bicyclic) bond motifs is 1. The molecule has 0 fully saturated rings. The van der Waals surface area contributed by atoms with Crippen LogP contribution in [0.1, 0.15) is 18.9 Å². The summed E-state index contributed by atoms with van der Waals surface area (Å²) < 4.78 is 2.25. The fourth-order valence-corrected chi connectivity index (χ4v) is 2.87. The van der Waals surface area contributed by atoms with Gasteiger partial charge in [-0.25, -0.2) is 0 Å². The number of nitrogens with zero attached hydrogens (tertiary/aromatic N) is 1. The minimum absolute atomic E-state index is 0.192. The van der Waals surface area contributed by atoms with Gasteiger partial charge >= 0.3 is 5.97 Å². The Morgan fingerprint density at radius 2 is 2.16 bits per heavy atom. The Hall–Kier alpha value is -1.42. The number of aromatic nitrogens is 1. The molecule has 1 aromatic heterocycles. The highest BCUT2D eigenvalue weighted by Gasteiger charge is 2.09. The molecule has 0 radical (unpaired) electrons. The maximum absolute atomic E-state index is 10.7. The van der Waals surface area contributed by atoms with Crippen molar-refractivity contribution in [1.82, 2.24) is 4.57 Å². The minimum atomic E-state index is -0.738. The highest BCUT2D eigenvalue weighted by molar-refractivity contribution is 7.99. The summed E-state index contributed by atoms with van der Waals surface area (Å²) in [5.74, 6) is 1.48. The second-order valence-electron chi connectivity index (χ2n) is 4.46. The van der Waals surface area contributed by atoms with Gasteiger partial charge in [0.05, 0.1) is 0 Å². The average Bonchev–Trinajstić information content (AvgIpc) is 2.76. The second-order valence-corrected chi connectivity index (χ2v) is 5.85. The third-order valence-electron chi connectivity index (χ3n) is 3.16. The van der Waals surface area contributed by atoms with Crippen molar-refractivity contribution in [3.05, 3.63) is 36.0 Å². The third kappa shape index (κ3) is 3.53. The van der Waals surface area contributed by atoms with Crippen molar-refractivity contribution in [2.75, 3.05) is 11.5 Å². The van der Waals surface area contributed by atoms with Crippen LogP contribution in [0.3, 0.4) is 0 Å². The van der Waals surface area contributed by atoms with Crippen LogP contribution >= 0.6 is 11.8 Å². The van der Waals surface area contributed by atoms with Crippen LogP contribution < -0.4 is 0 Å². The van der Waals surface area contributed by atoms with Gasteiger partial charge in [0, 0.05) is 35.8 Å². The Kier molecular flexibility index (Phi) is 4.91. The normalized spacial score (nSPS) is 11.0. The van der Waals surface area contributed by atoms with Crippen molar-refractivity contribution >= 4 is 28.6 Å². The number of hydrogen-bond donors (Lipinski definition) is 1. The van der Waals surface area contributed by atoms with Gasteiger partial charge in [0.2, 0.25) is 0 Å². The smallest absolute Gasteiger partial charge is 0.303 e. The van der Waals surface area contributed by atoms with Crippen LogP contribution in [0.25, 0.3) is 10.9 Å². The Morgan fingerprint density at radius 3 is 2.89 bits per heavy atom. The Balaban J connectivity index is 2.23. The molecule has 2 aromatic rings. The zero-order valence-electron chi connectivity index (χ0n) is 11.1. The molecular weight excluding hydrogens is 258 g/mol. The first kappa shape index (κ1) is 14.0. The maximum atomic E-state index is 10.7. The van der Waals surface area contributed by atoms with Crippen LogP contribution in [0.15, 0.2) is 30.5 Å². The fourth-order valence-electron chi connectivity index (χ4n) is 2.26. The van der Waals surface area contributed by atoms with E-state index in [9.17, 15) is 4.79 Å². The zero-order chi connectivity index (χ0) is 13.7. The van der Waals surface area contributed by atoms with E-state index >= 15 is 0 Å². The van der Waals surface area contributed by atoms with E-state index in [2.05, 4.69) is 29.8 Å². The molecule has 1 heterocycles. The molecule has 3 nitrogen and oxygen atoms in total. The number of carboxylic acids is 1. The number of rotatable bonds is 7. The molecule has 0 atom stereocenters. The molecule has 1 N–H and O–H groups in total. The first-order valence-electron chi connectivity index (χ1n) is 6.58. The molecule has 0 saturated heterocycles. The molecule has 0 aliphatic carbocycles. The molecule has 0 aliphatic rings. The van der Waals surface area contributed by atoms with Crippen LogP contribution in [-0.4, -0.2) is 27.1 Å². The Bertz CT molecular complexity index is 562. The quantitative estimate of drug-likeness (QED) is 0.789. The van der Waals surface area contributed by atoms with Crippen molar-refractivity contribution in [1.29, 1.82) is 0 Å². The molecule has 0 aliphatic heterocycles. The SMILES string of the molecule is CCSCCn1cc(CCC(=O)O)c2ccccc21. The number of benzene rings is 1. The second kappa shape index (κ2) is 6.66. The van der Waals surface area contributed by atoms with Crippen molar-refractivity contribution in [3.63, 3.8) is 0 Å². The van der Waals surface area contributed by atoms with Gasteiger partial charge in [-0.15, -0.1) is 0 Å². The summed E-state index contributed by atoms with van der Waals surface area (Å²) in [6.45, 7) is 3.14. The monoisotopic (exact) mass is 277 g/mol. The number of hydrogen-bond acceptors (Lipinski definition) is 2. The summed E-state index contributed by atoms with van der Waals surface area (Å²) in [6, 6.07) is 8.23. The van der Waals surface area contributed by atoms with E-state index in [0.717, 1.165) is 23.6 Å². The van der Waals surface area contributed by atoms with E-state index in [-0.39, 0.29) is 6.42 Å². The lowest BCUT2D eigenvalue weighted by Crippen LogP contribution is -1.99. The lowest BCUT2D eigenvalue weighted by molar-refractivity contribution is -0.136. The van der Waals surface area contributed by atoms with Crippen LogP contribution in [0, 0.1) is 0 Å². The highest BCUT2D eigenvalue weighted by atomic mass is 32.2. The predicted molar refractivity (Wildman–Crippen MR) is 80.9 cm³/mol. The number of carbonyl (C=O) groups is 1. The molecule has 0 bridgehead atoms. The van der Waals surface area contributed by atoms with E-state index in [0.29, 0.717) is 6.42 Å². The van der Waals surface area contributed by atoms with Crippen LogP contribution in [0.2, 0.25) is 0 Å². The molecule has 102 valence electrons. The number of carboxylic acid groups (broad SMARTS) is 1. The number of thioether (sulfide) groups is 1. The molecule has 0 amide bonds. The zero-order valence-corrected chi connectivity index (χ0v) is 11.9. The molecule has 4 heteroatoms. The molecule has 0 saturated carbocycles. The largest absolute Gasteiger partial charge is 0.481 e. The van der Waals surface area contributed by atoms with E-state index < -0.39 is 5.97 Å². The standard InChI is InChI=1S/C15H19NO2S/c1-2-19-10-9-16-11-12(7-8-15(17)18)13-5-3-4-6-14(13)16/h3-6,11H,2,7-10H2,1H3,(H,17,18). The van der Waals surface area contributed by atoms with Crippen molar-refractivity contribution in [2.24, 2.45) is 0 Å². The predicted octanol–water partition coefficient (Wildman–Crippen LogP) is 3.41. The van der Waals surface area contributed by atoms with Crippen LogP contribution in [0.4, 0.5) is 0 Å². The van der Waals surface area contributed by atoms with Gasteiger partial charge in [-0.1, -0.05) is 25.1 Å². The summed E-state index contributed by atoms with van der Waals surface area (Å²) in [5.41, 5.74) is 2.35.